The molecule has 1 aliphatic carbocycles. The minimum atomic E-state index is 0.907. The zero-order valence-electron chi connectivity index (χ0n) is 5.85. The molecule has 0 aliphatic heterocycles. The molecule has 0 amide bonds. The third kappa shape index (κ3) is 1.02. The summed E-state index contributed by atoms with van der Waals surface area (Å²) in [5, 5.41) is 8.75. The van der Waals surface area contributed by atoms with Crippen LogP contribution >= 0.6 is 27.3 Å². The highest BCUT2D eigenvalue weighted by Crippen LogP contribution is 2.38. The molecule has 0 unspecified atom stereocenters. The third-order valence-corrected chi connectivity index (χ3v) is 3.95. The van der Waals surface area contributed by atoms with Crippen molar-refractivity contribution in [1.82, 2.24) is 0 Å². The van der Waals surface area contributed by atoms with Gasteiger partial charge in [0.05, 0.1) is 3.79 Å². The summed E-state index contributed by atoms with van der Waals surface area (Å²) in [6.45, 7) is 0. The number of thiophene rings is 1. The maximum atomic E-state index is 8.75. The van der Waals surface area contributed by atoms with Crippen LogP contribution in [-0.2, 0) is 12.8 Å². The molecule has 2 rings (SSSR count). The van der Waals surface area contributed by atoms with E-state index in [1.807, 2.05) is 0 Å². The first-order valence-electron chi connectivity index (χ1n) is 3.53. The molecule has 1 aromatic rings. The number of hydrogen-bond donors (Lipinski definition) is 0. The number of hydrogen-bond acceptors (Lipinski definition) is 2. The number of nitrogens with zero attached hydrogens (tertiary/aromatic N) is 1. The Kier molecular flexibility index (Phi) is 1.74. The molecular weight excluding hydrogens is 222 g/mol. The van der Waals surface area contributed by atoms with Crippen molar-refractivity contribution in [3.8, 4) is 6.07 Å². The van der Waals surface area contributed by atoms with E-state index >= 15 is 0 Å². The van der Waals surface area contributed by atoms with Gasteiger partial charge in [-0.3, -0.25) is 0 Å². The van der Waals surface area contributed by atoms with Crippen LogP contribution in [0.5, 0.6) is 0 Å². The maximum absolute atomic E-state index is 8.75. The molecule has 0 bridgehead atoms. The van der Waals surface area contributed by atoms with Gasteiger partial charge in [0.25, 0.3) is 0 Å². The van der Waals surface area contributed by atoms with Crippen LogP contribution in [0.3, 0.4) is 0 Å². The van der Waals surface area contributed by atoms with Gasteiger partial charge in [-0.05, 0) is 46.3 Å². The second-order valence-corrected chi connectivity index (χ2v) is 4.97. The molecule has 3 heteroatoms. The SMILES string of the molecule is N#Cc1sc(Br)c2c1CCC2. The van der Waals surface area contributed by atoms with Gasteiger partial charge in [-0.2, -0.15) is 5.26 Å². The molecule has 0 N–H and O–H groups in total. The maximum Gasteiger partial charge on any atom is 0.110 e. The van der Waals surface area contributed by atoms with E-state index in [0.29, 0.717) is 0 Å². The molecule has 1 nitrogen and oxygen atoms in total. The Morgan fingerprint density at radius 2 is 2.09 bits per heavy atom. The summed E-state index contributed by atoms with van der Waals surface area (Å²) in [6.07, 6.45) is 3.46. The largest absolute Gasteiger partial charge is 0.192 e. The first kappa shape index (κ1) is 7.33. The first-order chi connectivity index (χ1) is 5.33. The Hall–Kier alpha value is -0.330. The predicted octanol–water partition coefficient (Wildman–Crippen LogP) is 2.87. The summed E-state index contributed by atoms with van der Waals surface area (Å²) in [6, 6.07) is 2.24. The molecule has 0 fully saturated rings. The summed E-state index contributed by atoms with van der Waals surface area (Å²) < 4.78 is 1.17. The minimum Gasteiger partial charge on any atom is -0.192 e. The Morgan fingerprint density at radius 1 is 1.36 bits per heavy atom. The molecular formula is C8H6BrNS. The smallest absolute Gasteiger partial charge is 0.110 e. The van der Waals surface area contributed by atoms with E-state index in [1.54, 1.807) is 11.3 Å². The number of halogens is 1. The van der Waals surface area contributed by atoms with Crippen LogP contribution < -0.4 is 0 Å². The first-order valence-corrected chi connectivity index (χ1v) is 5.14. The molecule has 0 spiro atoms. The van der Waals surface area contributed by atoms with Crippen LogP contribution in [0.1, 0.15) is 22.4 Å². The molecule has 0 aromatic carbocycles. The average Bonchev–Trinajstić information content (AvgIpc) is 2.54. The van der Waals surface area contributed by atoms with Crippen molar-refractivity contribution in [3.63, 3.8) is 0 Å². The van der Waals surface area contributed by atoms with Crippen LogP contribution in [0.2, 0.25) is 0 Å². The molecule has 0 atom stereocenters. The molecule has 0 radical (unpaired) electrons. The minimum absolute atomic E-state index is 0.907. The Morgan fingerprint density at radius 3 is 2.82 bits per heavy atom. The van der Waals surface area contributed by atoms with Crippen molar-refractivity contribution in [2.75, 3.05) is 0 Å². The van der Waals surface area contributed by atoms with Gasteiger partial charge in [0.2, 0.25) is 0 Å². The molecule has 0 saturated heterocycles. The van der Waals surface area contributed by atoms with Gasteiger partial charge in [-0.25, -0.2) is 0 Å². The van der Waals surface area contributed by atoms with Crippen LogP contribution in [-0.4, -0.2) is 0 Å². The lowest BCUT2D eigenvalue weighted by molar-refractivity contribution is 0.909. The molecule has 11 heavy (non-hydrogen) atoms. The highest BCUT2D eigenvalue weighted by molar-refractivity contribution is 9.11. The summed E-state index contributed by atoms with van der Waals surface area (Å²) >= 11 is 5.05. The average molecular weight is 228 g/mol. The lowest BCUT2D eigenvalue weighted by Crippen LogP contribution is -1.76. The van der Waals surface area contributed by atoms with E-state index in [9.17, 15) is 0 Å². The molecule has 56 valence electrons. The number of rotatable bonds is 0. The Balaban J connectivity index is 2.63. The predicted molar refractivity (Wildman–Crippen MR) is 48.8 cm³/mol. The number of fused-ring (bicyclic) bond motifs is 1. The lowest BCUT2D eigenvalue weighted by atomic mass is 10.2. The van der Waals surface area contributed by atoms with Crippen molar-refractivity contribution in [2.24, 2.45) is 0 Å². The number of nitriles is 1. The van der Waals surface area contributed by atoms with Crippen molar-refractivity contribution in [1.29, 1.82) is 5.26 Å². The normalized spacial score (nSPS) is 14.5. The van der Waals surface area contributed by atoms with Crippen molar-refractivity contribution in [3.05, 3.63) is 19.8 Å². The third-order valence-electron chi connectivity index (χ3n) is 2.02. The quantitative estimate of drug-likeness (QED) is 0.669. The van der Waals surface area contributed by atoms with Crippen molar-refractivity contribution in [2.45, 2.75) is 19.3 Å². The lowest BCUT2D eigenvalue weighted by Gasteiger charge is -1.86. The Bertz CT molecular complexity index is 335. The fraction of sp³-hybridized carbons (Fsp3) is 0.375. The van der Waals surface area contributed by atoms with E-state index in [2.05, 4.69) is 22.0 Å². The summed E-state index contributed by atoms with van der Waals surface area (Å²) in [7, 11) is 0. The fourth-order valence-corrected chi connectivity index (χ4v) is 3.36. The van der Waals surface area contributed by atoms with E-state index in [-0.39, 0.29) is 0 Å². The molecule has 1 aromatic heterocycles. The van der Waals surface area contributed by atoms with Gasteiger partial charge < -0.3 is 0 Å². The van der Waals surface area contributed by atoms with E-state index in [4.69, 9.17) is 5.26 Å². The second-order valence-electron chi connectivity index (χ2n) is 2.63. The monoisotopic (exact) mass is 227 g/mol. The van der Waals surface area contributed by atoms with Gasteiger partial charge in [0.1, 0.15) is 10.9 Å². The van der Waals surface area contributed by atoms with Gasteiger partial charge >= 0.3 is 0 Å². The van der Waals surface area contributed by atoms with Gasteiger partial charge in [-0.15, -0.1) is 11.3 Å². The standard InChI is InChI=1S/C8H6BrNS/c9-8-6-3-1-2-5(6)7(4-10)11-8/h1-3H2. The van der Waals surface area contributed by atoms with Crippen LogP contribution in [0.15, 0.2) is 3.79 Å². The highest BCUT2D eigenvalue weighted by Gasteiger charge is 2.20. The topological polar surface area (TPSA) is 23.8 Å². The van der Waals surface area contributed by atoms with Crippen molar-refractivity contribution < 1.29 is 0 Å². The fourth-order valence-electron chi connectivity index (χ4n) is 1.51. The molecule has 0 saturated carbocycles. The van der Waals surface area contributed by atoms with E-state index < -0.39 is 0 Å². The zero-order valence-corrected chi connectivity index (χ0v) is 8.26. The summed E-state index contributed by atoms with van der Waals surface area (Å²) in [4.78, 5) is 0.907. The van der Waals surface area contributed by atoms with Crippen LogP contribution in [0.4, 0.5) is 0 Å². The second kappa shape index (κ2) is 2.62. The van der Waals surface area contributed by atoms with Crippen LogP contribution in [0.25, 0.3) is 0 Å². The Labute approximate surface area is 77.8 Å². The molecule has 1 heterocycles. The van der Waals surface area contributed by atoms with Crippen LogP contribution in [0, 0.1) is 11.3 Å². The summed E-state index contributed by atoms with van der Waals surface area (Å²) in [5.74, 6) is 0. The van der Waals surface area contributed by atoms with Gasteiger partial charge in [0.15, 0.2) is 0 Å². The van der Waals surface area contributed by atoms with Gasteiger partial charge in [0, 0.05) is 0 Å². The van der Waals surface area contributed by atoms with E-state index in [0.717, 1.165) is 17.7 Å². The zero-order chi connectivity index (χ0) is 7.84. The van der Waals surface area contributed by atoms with Crippen molar-refractivity contribution >= 4 is 27.3 Å². The van der Waals surface area contributed by atoms with Gasteiger partial charge in [-0.1, -0.05) is 0 Å². The highest BCUT2D eigenvalue weighted by atomic mass is 79.9. The molecule has 1 aliphatic rings. The van der Waals surface area contributed by atoms with E-state index in [1.165, 1.54) is 21.3 Å². The summed E-state index contributed by atoms with van der Waals surface area (Å²) in [5.41, 5.74) is 2.68.